The van der Waals surface area contributed by atoms with Crippen LogP contribution in [0.2, 0.25) is 0 Å². The highest BCUT2D eigenvalue weighted by molar-refractivity contribution is 5.74. The van der Waals surface area contributed by atoms with Crippen molar-refractivity contribution in [3.63, 3.8) is 0 Å². The minimum atomic E-state index is -0.298. The molecule has 0 aromatic carbocycles. The number of fused-ring (bicyclic) bond motifs is 1. The Kier molecular flexibility index (Phi) is 6.85. The second-order valence-corrected chi connectivity index (χ2v) is 9.53. The number of rotatable bonds is 6. The van der Waals surface area contributed by atoms with Crippen molar-refractivity contribution < 1.29 is 0 Å². The fourth-order valence-electron chi connectivity index (χ4n) is 4.86. The van der Waals surface area contributed by atoms with Gasteiger partial charge in [0.25, 0.3) is 5.56 Å². The van der Waals surface area contributed by atoms with Crippen LogP contribution in [0.5, 0.6) is 0 Å². The van der Waals surface area contributed by atoms with Crippen LogP contribution in [0.1, 0.15) is 46.0 Å². The molecule has 2 aromatic heterocycles. The number of imidazole rings is 1. The fraction of sp³-hybridized carbons (Fsp3) is 0.696. The van der Waals surface area contributed by atoms with E-state index < -0.39 is 0 Å². The van der Waals surface area contributed by atoms with Crippen LogP contribution >= 0.6 is 0 Å². The van der Waals surface area contributed by atoms with Gasteiger partial charge in [-0.2, -0.15) is 4.98 Å². The lowest BCUT2D eigenvalue weighted by Crippen LogP contribution is -2.44. The second-order valence-electron chi connectivity index (χ2n) is 9.53. The monoisotopic (exact) mass is 443 g/mol. The third-order valence-electron chi connectivity index (χ3n) is 6.72. The molecule has 2 saturated heterocycles. The lowest BCUT2D eigenvalue weighted by molar-refractivity contribution is 0.218. The molecule has 0 amide bonds. The smallest absolute Gasteiger partial charge is 0.332 e. The maximum Gasteiger partial charge on any atom is 0.332 e. The van der Waals surface area contributed by atoms with Gasteiger partial charge in [0, 0.05) is 45.8 Å². The van der Waals surface area contributed by atoms with E-state index in [0.29, 0.717) is 30.8 Å². The van der Waals surface area contributed by atoms with Gasteiger partial charge in [0.1, 0.15) is 0 Å². The summed E-state index contributed by atoms with van der Waals surface area (Å²) in [6.07, 6.45) is 7.71. The van der Waals surface area contributed by atoms with Crippen molar-refractivity contribution in [3.8, 4) is 0 Å². The van der Waals surface area contributed by atoms with E-state index in [1.165, 1.54) is 34.0 Å². The molecule has 0 saturated carbocycles. The molecule has 2 fully saturated rings. The van der Waals surface area contributed by atoms with Gasteiger partial charge in [0.2, 0.25) is 5.95 Å². The van der Waals surface area contributed by atoms with E-state index in [0.717, 1.165) is 45.0 Å². The number of piperidine rings is 2. The first-order chi connectivity index (χ1) is 15.4. The minimum absolute atomic E-state index is 0.0884. The number of hydrogen-bond acceptors (Lipinski definition) is 6. The van der Waals surface area contributed by atoms with Gasteiger partial charge >= 0.3 is 5.69 Å². The van der Waals surface area contributed by atoms with Crippen LogP contribution in [0.25, 0.3) is 11.2 Å². The number of nitrogens with two attached hydrogens (primary N) is 1. The van der Waals surface area contributed by atoms with Crippen molar-refractivity contribution in [3.05, 3.63) is 32.5 Å². The highest BCUT2D eigenvalue weighted by Crippen LogP contribution is 2.23. The Morgan fingerprint density at radius 2 is 1.81 bits per heavy atom. The maximum atomic E-state index is 13.6. The minimum Gasteiger partial charge on any atom is -0.341 e. The summed E-state index contributed by atoms with van der Waals surface area (Å²) < 4.78 is 4.89. The predicted octanol–water partition coefficient (Wildman–Crippen LogP) is 1.28. The van der Waals surface area contributed by atoms with Crippen molar-refractivity contribution in [1.29, 1.82) is 0 Å². The van der Waals surface area contributed by atoms with Crippen molar-refractivity contribution in [2.24, 2.45) is 12.8 Å². The molecular formula is C23H37N7O2. The number of anilines is 1. The summed E-state index contributed by atoms with van der Waals surface area (Å²) in [5.74, 6) is 0.730. The van der Waals surface area contributed by atoms with E-state index >= 15 is 0 Å². The Labute approximate surface area is 189 Å². The van der Waals surface area contributed by atoms with Crippen LogP contribution in [0.3, 0.4) is 0 Å². The Morgan fingerprint density at radius 1 is 1.06 bits per heavy atom. The Balaban J connectivity index is 1.79. The van der Waals surface area contributed by atoms with Gasteiger partial charge in [-0.05, 0) is 52.6 Å². The third kappa shape index (κ3) is 4.54. The van der Waals surface area contributed by atoms with E-state index in [9.17, 15) is 9.59 Å². The molecule has 0 aliphatic carbocycles. The number of aryl methyl sites for hydroxylation is 1. The van der Waals surface area contributed by atoms with E-state index in [-0.39, 0.29) is 17.3 Å². The van der Waals surface area contributed by atoms with Gasteiger partial charge in [-0.15, -0.1) is 0 Å². The SMILES string of the molecule is CC(C)=CCn1c(N2CCCC(N)C2)nc2c1c(=O)n(CCN1CCCCC1)c(=O)n2C. The van der Waals surface area contributed by atoms with E-state index in [4.69, 9.17) is 10.7 Å². The van der Waals surface area contributed by atoms with Crippen LogP contribution in [-0.2, 0) is 20.1 Å². The van der Waals surface area contributed by atoms with Gasteiger partial charge in [-0.3, -0.25) is 13.9 Å². The van der Waals surface area contributed by atoms with E-state index in [1.54, 1.807) is 7.05 Å². The van der Waals surface area contributed by atoms with Crippen LogP contribution in [0.4, 0.5) is 5.95 Å². The number of aromatic nitrogens is 4. The Morgan fingerprint density at radius 3 is 2.50 bits per heavy atom. The lowest BCUT2D eigenvalue weighted by Gasteiger charge is -2.31. The Hall–Kier alpha value is -2.39. The summed E-state index contributed by atoms with van der Waals surface area (Å²) in [6.45, 7) is 9.38. The Bertz CT molecular complexity index is 1100. The van der Waals surface area contributed by atoms with E-state index in [2.05, 4.69) is 15.9 Å². The molecule has 2 N–H and O–H groups in total. The van der Waals surface area contributed by atoms with Gasteiger partial charge in [-0.1, -0.05) is 18.1 Å². The second kappa shape index (κ2) is 9.62. The molecule has 176 valence electrons. The number of hydrogen-bond donors (Lipinski definition) is 1. The van der Waals surface area contributed by atoms with Crippen LogP contribution in [0.15, 0.2) is 21.2 Å². The molecular weight excluding hydrogens is 406 g/mol. The molecule has 2 aliphatic heterocycles. The molecule has 32 heavy (non-hydrogen) atoms. The third-order valence-corrected chi connectivity index (χ3v) is 6.72. The first-order valence-corrected chi connectivity index (χ1v) is 11.9. The summed E-state index contributed by atoms with van der Waals surface area (Å²) in [6, 6.07) is 0.0884. The lowest BCUT2D eigenvalue weighted by atomic mass is 10.1. The first kappa shape index (κ1) is 22.8. The quantitative estimate of drug-likeness (QED) is 0.676. The number of likely N-dealkylation sites (tertiary alicyclic amines) is 1. The topological polar surface area (TPSA) is 94.3 Å². The average Bonchev–Trinajstić information content (AvgIpc) is 3.17. The molecule has 4 rings (SSSR count). The normalized spacial score (nSPS) is 20.1. The summed E-state index contributed by atoms with van der Waals surface area (Å²) in [5.41, 5.74) is 7.80. The standard InChI is InChI=1S/C23H37N7O2/c1-17(2)9-13-29-19-20(25-22(29)28-12-7-8-18(24)16-28)26(3)23(32)30(21(19)31)15-14-27-10-5-4-6-11-27/h9,18H,4-8,10-16,24H2,1-3H3. The predicted molar refractivity (Wildman–Crippen MR) is 128 cm³/mol. The zero-order valence-electron chi connectivity index (χ0n) is 19.7. The van der Waals surface area contributed by atoms with Crippen LogP contribution < -0.4 is 21.9 Å². The van der Waals surface area contributed by atoms with Crippen LogP contribution in [-0.4, -0.2) is 62.4 Å². The van der Waals surface area contributed by atoms with E-state index in [1.807, 2.05) is 18.4 Å². The number of allylic oxidation sites excluding steroid dienone is 2. The summed E-state index contributed by atoms with van der Waals surface area (Å²) >= 11 is 0. The highest BCUT2D eigenvalue weighted by Gasteiger charge is 2.26. The summed E-state index contributed by atoms with van der Waals surface area (Å²) in [7, 11) is 1.71. The van der Waals surface area contributed by atoms with Gasteiger partial charge in [0.15, 0.2) is 11.2 Å². The highest BCUT2D eigenvalue weighted by atomic mass is 16.2. The molecule has 2 aliphatic rings. The molecule has 1 unspecified atom stereocenters. The van der Waals surface area contributed by atoms with Gasteiger partial charge in [0.05, 0.1) is 0 Å². The fourth-order valence-corrected chi connectivity index (χ4v) is 4.86. The molecule has 0 spiro atoms. The molecule has 9 heteroatoms. The number of nitrogens with zero attached hydrogens (tertiary/aromatic N) is 6. The van der Waals surface area contributed by atoms with Crippen molar-refractivity contribution in [2.45, 2.75) is 65.1 Å². The molecule has 0 radical (unpaired) electrons. The van der Waals surface area contributed by atoms with Crippen molar-refractivity contribution >= 4 is 17.1 Å². The zero-order valence-corrected chi connectivity index (χ0v) is 19.7. The molecule has 0 bridgehead atoms. The molecule has 2 aromatic rings. The molecule has 1 atom stereocenters. The molecule has 4 heterocycles. The average molecular weight is 444 g/mol. The largest absolute Gasteiger partial charge is 0.341 e. The van der Waals surface area contributed by atoms with Crippen LogP contribution in [0, 0.1) is 0 Å². The zero-order chi connectivity index (χ0) is 22.8. The van der Waals surface area contributed by atoms with Crippen molar-refractivity contribution in [1.82, 2.24) is 23.6 Å². The summed E-state index contributed by atoms with van der Waals surface area (Å²) in [5, 5.41) is 0. The molecule has 9 nitrogen and oxygen atoms in total. The first-order valence-electron chi connectivity index (χ1n) is 11.9. The van der Waals surface area contributed by atoms with Gasteiger partial charge in [-0.25, -0.2) is 4.79 Å². The van der Waals surface area contributed by atoms with Gasteiger partial charge < -0.3 is 20.1 Å². The summed E-state index contributed by atoms with van der Waals surface area (Å²) in [4.78, 5) is 36.0. The maximum absolute atomic E-state index is 13.6. The van der Waals surface area contributed by atoms with Crippen molar-refractivity contribution in [2.75, 3.05) is 37.6 Å².